The zero-order valence-electron chi connectivity index (χ0n) is 8.57. The molecule has 0 fully saturated rings. The van der Waals surface area contributed by atoms with E-state index >= 15 is 0 Å². The van der Waals surface area contributed by atoms with Crippen LogP contribution in [0.15, 0.2) is 30.3 Å². The zero-order valence-corrected chi connectivity index (χ0v) is 10.9. The number of carbonyl (C=O) groups is 2. The van der Waals surface area contributed by atoms with Gasteiger partial charge in [-0.25, -0.2) is 4.79 Å². The number of alkyl halides is 2. The molecular formula is C11H10BrClO3. The number of Topliss-reactive ketones (excluding diaryl/α,β-unsaturated/α-hetero) is 1. The minimum atomic E-state index is -1.84. The third-order valence-electron chi connectivity index (χ3n) is 1.85. The number of halogens is 2. The van der Waals surface area contributed by atoms with Gasteiger partial charge in [0, 0.05) is 5.56 Å². The fourth-order valence-corrected chi connectivity index (χ4v) is 1.59. The number of hydrogen-bond donors (Lipinski definition) is 0. The third-order valence-corrected chi connectivity index (χ3v) is 2.86. The fraction of sp³-hybridized carbons (Fsp3) is 0.273. The lowest BCUT2D eigenvalue weighted by Crippen LogP contribution is -2.36. The van der Waals surface area contributed by atoms with Crippen LogP contribution in [-0.2, 0) is 9.53 Å². The molecule has 1 atom stereocenters. The lowest BCUT2D eigenvalue weighted by atomic mass is 10.1. The highest BCUT2D eigenvalue weighted by Gasteiger charge is 2.43. The Kier molecular flexibility index (Phi) is 4.50. The van der Waals surface area contributed by atoms with E-state index < -0.39 is 15.5 Å². The number of carbonyl (C=O) groups excluding carboxylic acids is 2. The Morgan fingerprint density at radius 1 is 1.38 bits per heavy atom. The third kappa shape index (κ3) is 2.83. The predicted octanol–water partition coefficient (Wildman–Crippen LogP) is 2.76. The van der Waals surface area contributed by atoms with E-state index in [1.54, 1.807) is 37.3 Å². The number of ketones is 1. The van der Waals surface area contributed by atoms with E-state index in [0.717, 1.165) is 0 Å². The summed E-state index contributed by atoms with van der Waals surface area (Å²) in [5.74, 6) is -1.33. The van der Waals surface area contributed by atoms with Gasteiger partial charge < -0.3 is 4.74 Å². The molecule has 16 heavy (non-hydrogen) atoms. The van der Waals surface area contributed by atoms with E-state index in [4.69, 9.17) is 16.3 Å². The van der Waals surface area contributed by atoms with Crippen molar-refractivity contribution in [2.75, 3.05) is 6.61 Å². The van der Waals surface area contributed by atoms with Gasteiger partial charge in [0.25, 0.3) is 3.78 Å². The molecule has 0 aromatic heterocycles. The van der Waals surface area contributed by atoms with Gasteiger partial charge in [-0.15, -0.1) is 0 Å². The lowest BCUT2D eigenvalue weighted by molar-refractivity contribution is -0.142. The molecule has 86 valence electrons. The fourth-order valence-electron chi connectivity index (χ4n) is 1.09. The van der Waals surface area contributed by atoms with Gasteiger partial charge in [-0.2, -0.15) is 0 Å². The Labute approximate surface area is 107 Å². The van der Waals surface area contributed by atoms with Crippen molar-refractivity contribution in [3.63, 3.8) is 0 Å². The van der Waals surface area contributed by atoms with Gasteiger partial charge >= 0.3 is 5.97 Å². The minimum Gasteiger partial charge on any atom is -0.464 e. The average Bonchev–Trinajstić information content (AvgIpc) is 2.29. The van der Waals surface area contributed by atoms with Crippen molar-refractivity contribution in [3.05, 3.63) is 35.9 Å². The Hall–Kier alpha value is -0.870. The summed E-state index contributed by atoms with van der Waals surface area (Å²) in [4.78, 5) is 23.4. The molecule has 0 N–H and O–H groups in total. The first-order chi connectivity index (χ1) is 7.50. The normalized spacial score (nSPS) is 13.9. The summed E-state index contributed by atoms with van der Waals surface area (Å²) in [7, 11) is 0. The molecule has 1 unspecified atom stereocenters. The lowest BCUT2D eigenvalue weighted by Gasteiger charge is -2.16. The first-order valence-corrected chi connectivity index (χ1v) is 5.82. The molecule has 0 saturated heterocycles. The Balaban J connectivity index is 2.92. The average molecular weight is 306 g/mol. The smallest absolute Gasteiger partial charge is 0.346 e. The van der Waals surface area contributed by atoms with Crippen LogP contribution in [0.5, 0.6) is 0 Å². The van der Waals surface area contributed by atoms with E-state index in [9.17, 15) is 9.59 Å². The van der Waals surface area contributed by atoms with Crippen molar-refractivity contribution in [3.8, 4) is 0 Å². The van der Waals surface area contributed by atoms with E-state index in [1.807, 2.05) is 0 Å². The molecule has 1 aromatic rings. The first kappa shape index (κ1) is 13.2. The van der Waals surface area contributed by atoms with Crippen LogP contribution in [0.4, 0.5) is 0 Å². The van der Waals surface area contributed by atoms with Gasteiger partial charge in [-0.1, -0.05) is 41.9 Å². The van der Waals surface area contributed by atoms with E-state index in [2.05, 4.69) is 15.9 Å². The van der Waals surface area contributed by atoms with Gasteiger partial charge in [0.15, 0.2) is 0 Å². The summed E-state index contributed by atoms with van der Waals surface area (Å²) in [6.45, 7) is 1.81. The largest absolute Gasteiger partial charge is 0.464 e. The van der Waals surface area contributed by atoms with Gasteiger partial charge in [0.2, 0.25) is 5.78 Å². The van der Waals surface area contributed by atoms with Crippen molar-refractivity contribution in [1.82, 2.24) is 0 Å². The second kappa shape index (κ2) is 5.46. The molecule has 0 amide bonds. The Bertz CT molecular complexity index is 389. The maximum atomic E-state index is 11.9. The van der Waals surface area contributed by atoms with Crippen LogP contribution in [0.3, 0.4) is 0 Å². The molecule has 1 aromatic carbocycles. The molecule has 0 radical (unpaired) electrons. The summed E-state index contributed by atoms with van der Waals surface area (Å²) in [5.41, 5.74) is 0.349. The maximum Gasteiger partial charge on any atom is 0.346 e. The van der Waals surface area contributed by atoms with Crippen molar-refractivity contribution >= 4 is 39.3 Å². The number of benzene rings is 1. The highest BCUT2D eigenvalue weighted by atomic mass is 79.9. The molecule has 5 heteroatoms. The van der Waals surface area contributed by atoms with E-state index in [0.29, 0.717) is 5.56 Å². The summed E-state index contributed by atoms with van der Waals surface area (Å²) in [6, 6.07) is 8.32. The van der Waals surface area contributed by atoms with Crippen LogP contribution >= 0.6 is 27.5 Å². The Morgan fingerprint density at radius 2 is 1.94 bits per heavy atom. The minimum absolute atomic E-state index is 0.168. The van der Waals surface area contributed by atoms with E-state index in [-0.39, 0.29) is 6.61 Å². The number of ether oxygens (including phenoxy) is 1. The zero-order chi connectivity index (χ0) is 12.2. The monoisotopic (exact) mass is 304 g/mol. The molecule has 0 aliphatic rings. The van der Waals surface area contributed by atoms with Crippen LogP contribution in [0.25, 0.3) is 0 Å². The van der Waals surface area contributed by atoms with Gasteiger partial charge in [0.1, 0.15) is 0 Å². The van der Waals surface area contributed by atoms with Gasteiger partial charge in [-0.3, -0.25) is 4.79 Å². The summed E-state index contributed by atoms with van der Waals surface area (Å²) >= 11 is 8.73. The van der Waals surface area contributed by atoms with Crippen LogP contribution in [0.2, 0.25) is 0 Å². The highest BCUT2D eigenvalue weighted by Crippen LogP contribution is 2.29. The SMILES string of the molecule is CCOC(=O)C(Cl)(Br)C(=O)c1ccccc1. The van der Waals surface area contributed by atoms with Crippen molar-refractivity contribution < 1.29 is 14.3 Å². The van der Waals surface area contributed by atoms with Crippen LogP contribution < -0.4 is 0 Å². The quantitative estimate of drug-likeness (QED) is 0.372. The molecule has 0 spiro atoms. The number of rotatable bonds is 4. The van der Waals surface area contributed by atoms with Crippen molar-refractivity contribution in [1.29, 1.82) is 0 Å². The molecule has 0 aliphatic carbocycles. The molecule has 0 aliphatic heterocycles. The van der Waals surface area contributed by atoms with Gasteiger partial charge in [-0.05, 0) is 22.9 Å². The topological polar surface area (TPSA) is 43.4 Å². The summed E-state index contributed by atoms with van der Waals surface area (Å²) in [5, 5.41) is 0. The molecule has 0 bridgehead atoms. The Morgan fingerprint density at radius 3 is 2.44 bits per heavy atom. The summed E-state index contributed by atoms with van der Waals surface area (Å²) < 4.78 is 2.87. The van der Waals surface area contributed by atoms with E-state index in [1.165, 1.54) is 0 Å². The number of esters is 1. The highest BCUT2D eigenvalue weighted by molar-refractivity contribution is 9.11. The molecule has 0 heterocycles. The van der Waals surface area contributed by atoms with Gasteiger partial charge in [0.05, 0.1) is 6.61 Å². The predicted molar refractivity (Wildman–Crippen MR) is 64.9 cm³/mol. The molecular weight excluding hydrogens is 295 g/mol. The molecule has 0 saturated carbocycles. The van der Waals surface area contributed by atoms with Crippen LogP contribution in [-0.4, -0.2) is 22.1 Å². The second-order valence-electron chi connectivity index (χ2n) is 2.99. The second-order valence-corrected chi connectivity index (χ2v) is 5.20. The van der Waals surface area contributed by atoms with Crippen molar-refractivity contribution in [2.45, 2.75) is 10.7 Å². The van der Waals surface area contributed by atoms with Crippen LogP contribution in [0, 0.1) is 0 Å². The maximum absolute atomic E-state index is 11.9. The van der Waals surface area contributed by atoms with Crippen LogP contribution in [0.1, 0.15) is 17.3 Å². The number of hydrogen-bond acceptors (Lipinski definition) is 3. The first-order valence-electron chi connectivity index (χ1n) is 4.65. The standard InChI is InChI=1S/C11H10BrClO3/c1-2-16-10(15)11(12,13)9(14)8-6-4-3-5-7-8/h3-7H,2H2,1H3. The molecule has 1 rings (SSSR count). The molecule has 3 nitrogen and oxygen atoms in total. The van der Waals surface area contributed by atoms with Crippen molar-refractivity contribution in [2.24, 2.45) is 0 Å². The summed E-state index contributed by atoms with van der Waals surface area (Å²) in [6.07, 6.45) is 0.